The number of nitro benzene ring substituents is 1. The molecule has 1 aromatic rings. The summed E-state index contributed by atoms with van der Waals surface area (Å²) in [6.45, 7) is 1.45. The molecule has 0 saturated carbocycles. The zero-order valence-electron chi connectivity index (χ0n) is 8.78. The van der Waals surface area contributed by atoms with E-state index in [0.717, 1.165) is 6.26 Å². The first kappa shape index (κ1) is 12.6. The summed E-state index contributed by atoms with van der Waals surface area (Å²) in [5.74, 6) is 0. The molecule has 0 fully saturated rings. The Balaban J connectivity index is 3.08. The van der Waals surface area contributed by atoms with E-state index in [1.807, 2.05) is 0 Å². The van der Waals surface area contributed by atoms with E-state index >= 15 is 0 Å². The van der Waals surface area contributed by atoms with Crippen molar-refractivity contribution in [2.75, 3.05) is 6.26 Å². The maximum atomic E-state index is 10.9. The Morgan fingerprint density at radius 1 is 1.38 bits per heavy atom. The van der Waals surface area contributed by atoms with Crippen molar-refractivity contribution in [3.63, 3.8) is 0 Å². The molecule has 88 valence electrons. The van der Waals surface area contributed by atoms with Gasteiger partial charge in [0.05, 0.1) is 16.7 Å². The summed E-state index contributed by atoms with van der Waals surface area (Å²) in [4.78, 5) is 10.1. The summed E-state index contributed by atoms with van der Waals surface area (Å²) >= 11 is 0. The molecule has 1 rings (SSSR count). The zero-order valence-corrected chi connectivity index (χ0v) is 9.60. The summed E-state index contributed by atoms with van der Waals surface area (Å²) in [6.07, 6.45) is 0.0229. The van der Waals surface area contributed by atoms with Gasteiger partial charge >= 0.3 is 0 Å². The lowest BCUT2D eigenvalue weighted by atomic mass is 10.1. The van der Waals surface area contributed by atoms with Crippen molar-refractivity contribution in [3.8, 4) is 0 Å². The Labute approximate surface area is 93.1 Å². The highest BCUT2D eigenvalue weighted by atomic mass is 32.2. The summed E-state index contributed by atoms with van der Waals surface area (Å²) in [5, 5.41) is 10.7. The first-order valence-electron chi connectivity index (χ1n) is 4.43. The summed E-state index contributed by atoms with van der Waals surface area (Å²) < 4.78 is 26.5. The van der Waals surface area contributed by atoms with E-state index in [1.165, 1.54) is 25.1 Å². The first-order chi connectivity index (χ1) is 7.31. The van der Waals surface area contributed by atoms with Crippen LogP contribution >= 0.6 is 0 Å². The predicted octanol–water partition coefficient (Wildman–Crippen LogP) is 1.63. The molecule has 0 aliphatic carbocycles. The van der Waals surface area contributed by atoms with Gasteiger partial charge in [-0.3, -0.25) is 14.3 Å². The van der Waals surface area contributed by atoms with E-state index in [-0.39, 0.29) is 11.3 Å². The third-order valence-electron chi connectivity index (χ3n) is 1.89. The quantitative estimate of drug-likeness (QED) is 0.457. The molecule has 7 heteroatoms. The molecule has 1 unspecified atom stereocenters. The minimum absolute atomic E-state index is 0.154. The van der Waals surface area contributed by atoms with Crippen molar-refractivity contribution in [1.82, 2.24) is 0 Å². The molecule has 0 saturated heterocycles. The van der Waals surface area contributed by atoms with Gasteiger partial charge in [-0.2, -0.15) is 8.42 Å². The molecule has 6 nitrogen and oxygen atoms in total. The molecule has 0 aromatic heterocycles. The molecule has 0 aliphatic heterocycles. The fraction of sp³-hybridized carbons (Fsp3) is 0.333. The van der Waals surface area contributed by atoms with Crippen LogP contribution in [0.3, 0.4) is 0 Å². The van der Waals surface area contributed by atoms with Gasteiger partial charge in [0.2, 0.25) is 0 Å². The van der Waals surface area contributed by atoms with Crippen LogP contribution in [0.4, 0.5) is 5.69 Å². The van der Waals surface area contributed by atoms with Crippen molar-refractivity contribution >= 4 is 15.8 Å². The molecule has 16 heavy (non-hydrogen) atoms. The molecule has 0 radical (unpaired) electrons. The van der Waals surface area contributed by atoms with Crippen molar-refractivity contribution in [1.29, 1.82) is 0 Å². The lowest BCUT2D eigenvalue weighted by molar-refractivity contribution is -0.386. The zero-order chi connectivity index (χ0) is 12.3. The minimum atomic E-state index is -3.64. The molecule has 0 bridgehead atoms. The van der Waals surface area contributed by atoms with E-state index in [2.05, 4.69) is 4.18 Å². The van der Waals surface area contributed by atoms with Crippen LogP contribution in [0.5, 0.6) is 0 Å². The van der Waals surface area contributed by atoms with E-state index in [4.69, 9.17) is 0 Å². The Hall–Kier alpha value is -1.47. The van der Waals surface area contributed by atoms with Gasteiger partial charge in [0.1, 0.15) is 6.10 Å². The predicted molar refractivity (Wildman–Crippen MR) is 57.4 cm³/mol. The lowest BCUT2D eigenvalue weighted by Crippen LogP contribution is -2.09. The maximum Gasteiger partial charge on any atom is 0.275 e. The fourth-order valence-electron chi connectivity index (χ4n) is 1.31. The highest BCUT2D eigenvalue weighted by Gasteiger charge is 2.21. The topological polar surface area (TPSA) is 86.5 Å². The highest BCUT2D eigenvalue weighted by Crippen LogP contribution is 2.27. The second-order valence-corrected chi connectivity index (χ2v) is 4.86. The summed E-state index contributed by atoms with van der Waals surface area (Å²) in [5.41, 5.74) is 0.0802. The largest absolute Gasteiger partial charge is 0.275 e. The number of benzene rings is 1. The van der Waals surface area contributed by atoms with Crippen LogP contribution in [0.15, 0.2) is 24.3 Å². The van der Waals surface area contributed by atoms with Gasteiger partial charge in [-0.15, -0.1) is 0 Å². The number of nitro groups is 1. The van der Waals surface area contributed by atoms with Gasteiger partial charge in [0.25, 0.3) is 15.8 Å². The second kappa shape index (κ2) is 4.58. The molecule has 0 N–H and O–H groups in total. The maximum absolute atomic E-state index is 10.9. The lowest BCUT2D eigenvalue weighted by Gasteiger charge is -2.11. The molecular formula is C9H11NO5S. The minimum Gasteiger partial charge on any atom is -0.262 e. The van der Waals surface area contributed by atoms with Gasteiger partial charge in [-0.1, -0.05) is 12.1 Å². The number of para-hydroxylation sites is 1. The average molecular weight is 245 g/mol. The highest BCUT2D eigenvalue weighted by molar-refractivity contribution is 7.86. The first-order valence-corrected chi connectivity index (χ1v) is 6.24. The van der Waals surface area contributed by atoms with Crippen molar-refractivity contribution < 1.29 is 17.5 Å². The van der Waals surface area contributed by atoms with E-state index < -0.39 is 21.1 Å². The van der Waals surface area contributed by atoms with Crippen LogP contribution in [0.2, 0.25) is 0 Å². The molecule has 1 atom stereocenters. The Kier molecular flexibility index (Phi) is 3.61. The van der Waals surface area contributed by atoms with Crippen LogP contribution < -0.4 is 0 Å². The van der Waals surface area contributed by atoms with Crippen LogP contribution in [0.25, 0.3) is 0 Å². The smallest absolute Gasteiger partial charge is 0.262 e. The summed E-state index contributed by atoms with van der Waals surface area (Å²) in [7, 11) is -3.64. The Morgan fingerprint density at radius 2 is 1.94 bits per heavy atom. The van der Waals surface area contributed by atoms with Crippen LogP contribution in [0, 0.1) is 10.1 Å². The average Bonchev–Trinajstić information content (AvgIpc) is 2.15. The fourth-order valence-corrected chi connectivity index (χ4v) is 1.94. The van der Waals surface area contributed by atoms with E-state index in [9.17, 15) is 18.5 Å². The van der Waals surface area contributed by atoms with Crippen LogP contribution in [-0.2, 0) is 14.3 Å². The number of hydrogen-bond acceptors (Lipinski definition) is 5. The molecule has 0 spiro atoms. The van der Waals surface area contributed by atoms with Crippen molar-refractivity contribution in [3.05, 3.63) is 39.9 Å². The van der Waals surface area contributed by atoms with Crippen LogP contribution in [-0.4, -0.2) is 19.6 Å². The number of hydrogen-bond donors (Lipinski definition) is 0. The Morgan fingerprint density at radius 3 is 2.44 bits per heavy atom. The normalized spacial score (nSPS) is 13.4. The van der Waals surface area contributed by atoms with Crippen LogP contribution in [0.1, 0.15) is 18.6 Å². The standard InChI is InChI=1S/C9H11NO5S/c1-7(15-16(2,13)14)8-5-3-4-6-9(8)10(11)12/h3-7H,1-2H3. The summed E-state index contributed by atoms with van der Waals surface area (Å²) in [6, 6.07) is 5.87. The molecule has 0 amide bonds. The molecule has 0 heterocycles. The molecule has 1 aromatic carbocycles. The monoisotopic (exact) mass is 245 g/mol. The third kappa shape index (κ3) is 3.28. The van der Waals surface area contributed by atoms with E-state index in [1.54, 1.807) is 6.07 Å². The van der Waals surface area contributed by atoms with Gasteiger partial charge in [-0.05, 0) is 13.0 Å². The van der Waals surface area contributed by atoms with Gasteiger partial charge < -0.3 is 0 Å². The van der Waals surface area contributed by atoms with Gasteiger partial charge in [0, 0.05) is 6.07 Å². The second-order valence-electron chi connectivity index (χ2n) is 3.26. The molecular weight excluding hydrogens is 234 g/mol. The third-order valence-corrected chi connectivity index (χ3v) is 2.53. The van der Waals surface area contributed by atoms with Gasteiger partial charge in [-0.25, -0.2) is 0 Å². The number of rotatable bonds is 4. The Bertz CT molecular complexity index is 496. The SMILES string of the molecule is CC(OS(C)(=O)=O)c1ccccc1[N+](=O)[O-]. The van der Waals surface area contributed by atoms with E-state index in [0.29, 0.717) is 0 Å². The van der Waals surface area contributed by atoms with Crippen molar-refractivity contribution in [2.24, 2.45) is 0 Å². The number of nitrogens with zero attached hydrogens (tertiary/aromatic N) is 1. The van der Waals surface area contributed by atoms with Crippen molar-refractivity contribution in [2.45, 2.75) is 13.0 Å². The van der Waals surface area contributed by atoms with Gasteiger partial charge in [0.15, 0.2) is 0 Å². The molecule has 0 aliphatic rings.